The Morgan fingerprint density at radius 2 is 1.29 bits per heavy atom. The fourth-order valence-corrected chi connectivity index (χ4v) is 7.62. The standard InChI is InChI=1S/C31H43FO2/c1-3-20-5-9-22(10-6-20)23-13-15-25(16-14-23)28-19-26-17-18-27(30(32)29(26)31(33)34-28)24-11-7-21(4-2)8-12-24/h17-25H,3-16H2,1-2H3. The van der Waals surface area contributed by atoms with Crippen molar-refractivity contribution >= 4 is 10.8 Å². The molecule has 0 radical (unpaired) electrons. The van der Waals surface area contributed by atoms with Gasteiger partial charge in [-0.15, -0.1) is 0 Å². The molecular formula is C31H43FO2. The fraction of sp³-hybridized carbons (Fsp3) is 0.710. The highest BCUT2D eigenvalue weighted by Gasteiger charge is 2.32. The average molecular weight is 467 g/mol. The molecule has 3 aliphatic rings. The summed E-state index contributed by atoms with van der Waals surface area (Å²) in [5.74, 6) is 4.43. The zero-order valence-electron chi connectivity index (χ0n) is 21.3. The van der Waals surface area contributed by atoms with Crippen LogP contribution in [-0.4, -0.2) is 0 Å². The maximum absolute atomic E-state index is 15.5. The van der Waals surface area contributed by atoms with Crippen molar-refractivity contribution in [1.82, 2.24) is 0 Å². The average Bonchev–Trinajstić information content (AvgIpc) is 2.89. The van der Waals surface area contributed by atoms with Crippen LogP contribution < -0.4 is 5.63 Å². The largest absolute Gasteiger partial charge is 0.427 e. The molecule has 0 amide bonds. The van der Waals surface area contributed by atoms with Gasteiger partial charge >= 0.3 is 5.63 Å². The van der Waals surface area contributed by atoms with Crippen LogP contribution in [0.3, 0.4) is 0 Å². The van der Waals surface area contributed by atoms with Crippen molar-refractivity contribution in [1.29, 1.82) is 0 Å². The number of fused-ring (bicyclic) bond motifs is 1. The molecule has 1 heterocycles. The van der Waals surface area contributed by atoms with Gasteiger partial charge in [0.2, 0.25) is 0 Å². The van der Waals surface area contributed by atoms with Crippen LogP contribution in [0.2, 0.25) is 0 Å². The molecule has 186 valence electrons. The van der Waals surface area contributed by atoms with E-state index < -0.39 is 5.63 Å². The van der Waals surface area contributed by atoms with Gasteiger partial charge in [0.1, 0.15) is 17.0 Å². The first kappa shape index (κ1) is 24.1. The van der Waals surface area contributed by atoms with Crippen molar-refractivity contribution in [2.75, 3.05) is 0 Å². The van der Waals surface area contributed by atoms with Crippen LogP contribution in [0.1, 0.15) is 127 Å². The predicted octanol–water partition coefficient (Wildman–Crippen LogP) is 9.11. The summed E-state index contributed by atoms with van der Waals surface area (Å²) in [6, 6.07) is 5.88. The lowest BCUT2D eigenvalue weighted by molar-refractivity contribution is 0.154. The van der Waals surface area contributed by atoms with E-state index in [1.807, 2.05) is 18.2 Å². The van der Waals surface area contributed by atoms with E-state index in [9.17, 15) is 4.79 Å². The molecule has 1 aromatic carbocycles. The minimum Gasteiger partial charge on any atom is -0.427 e. The van der Waals surface area contributed by atoms with Crippen molar-refractivity contribution in [3.63, 3.8) is 0 Å². The Morgan fingerprint density at radius 3 is 1.88 bits per heavy atom. The van der Waals surface area contributed by atoms with Gasteiger partial charge in [0.05, 0.1) is 0 Å². The Hall–Kier alpha value is -1.64. The monoisotopic (exact) mass is 466 g/mol. The smallest absolute Gasteiger partial charge is 0.346 e. The summed E-state index contributed by atoms with van der Waals surface area (Å²) < 4.78 is 21.3. The first-order valence-corrected chi connectivity index (χ1v) is 14.3. The lowest BCUT2D eigenvalue weighted by Crippen LogP contribution is -2.25. The third-order valence-corrected chi connectivity index (χ3v) is 10.1. The summed E-state index contributed by atoms with van der Waals surface area (Å²) in [7, 11) is 0. The number of rotatable bonds is 5. The second-order valence-electron chi connectivity index (χ2n) is 11.8. The van der Waals surface area contributed by atoms with Gasteiger partial charge in [-0.3, -0.25) is 0 Å². The third-order valence-electron chi connectivity index (χ3n) is 10.1. The molecule has 0 N–H and O–H groups in total. The molecule has 0 atom stereocenters. The van der Waals surface area contributed by atoms with Gasteiger partial charge in [0.25, 0.3) is 0 Å². The topological polar surface area (TPSA) is 30.2 Å². The van der Waals surface area contributed by atoms with E-state index in [1.54, 1.807) is 0 Å². The fourth-order valence-electron chi connectivity index (χ4n) is 7.62. The molecule has 3 heteroatoms. The Labute approximate surface area is 204 Å². The van der Waals surface area contributed by atoms with Crippen LogP contribution in [0.25, 0.3) is 10.8 Å². The molecule has 5 rings (SSSR count). The zero-order valence-corrected chi connectivity index (χ0v) is 21.3. The first-order valence-electron chi connectivity index (χ1n) is 14.3. The number of halogens is 1. The Morgan fingerprint density at radius 1 is 0.765 bits per heavy atom. The van der Waals surface area contributed by atoms with Gasteiger partial charge < -0.3 is 4.42 Å². The Kier molecular flexibility index (Phi) is 7.46. The molecule has 2 nitrogen and oxygen atoms in total. The lowest BCUT2D eigenvalue weighted by Gasteiger charge is -2.37. The van der Waals surface area contributed by atoms with Crippen molar-refractivity contribution < 1.29 is 8.81 Å². The number of hydrogen-bond acceptors (Lipinski definition) is 2. The summed E-state index contributed by atoms with van der Waals surface area (Å²) in [5.41, 5.74) is 0.245. The van der Waals surface area contributed by atoms with Crippen LogP contribution in [-0.2, 0) is 0 Å². The molecule has 3 aliphatic carbocycles. The van der Waals surface area contributed by atoms with Crippen molar-refractivity contribution in [2.24, 2.45) is 23.7 Å². The minimum absolute atomic E-state index is 0.167. The second kappa shape index (κ2) is 10.5. The van der Waals surface area contributed by atoms with E-state index in [-0.39, 0.29) is 17.1 Å². The van der Waals surface area contributed by atoms with E-state index in [4.69, 9.17) is 4.42 Å². The van der Waals surface area contributed by atoms with Gasteiger partial charge in [-0.05, 0) is 111 Å². The van der Waals surface area contributed by atoms with Crippen LogP contribution in [0.15, 0.2) is 27.4 Å². The molecule has 2 aromatic rings. The highest BCUT2D eigenvalue weighted by atomic mass is 19.1. The maximum Gasteiger partial charge on any atom is 0.346 e. The SMILES string of the molecule is CCC1CCC(c2ccc3cc(C4CCC(C5CCC(CC)CC5)CC4)oc(=O)c3c2F)CC1. The normalized spacial score (nSPS) is 32.7. The second-order valence-corrected chi connectivity index (χ2v) is 11.8. The summed E-state index contributed by atoms with van der Waals surface area (Å²) in [6.45, 7) is 4.58. The number of benzene rings is 1. The Bertz CT molecular complexity index is 1020. The van der Waals surface area contributed by atoms with Gasteiger partial charge in [-0.1, -0.05) is 51.7 Å². The molecule has 34 heavy (non-hydrogen) atoms. The van der Waals surface area contributed by atoms with E-state index >= 15 is 4.39 Å². The molecular weight excluding hydrogens is 423 g/mol. The third kappa shape index (κ3) is 4.86. The zero-order chi connectivity index (χ0) is 23.7. The van der Waals surface area contributed by atoms with E-state index in [0.717, 1.165) is 78.9 Å². The minimum atomic E-state index is -0.478. The molecule has 0 aliphatic heterocycles. The van der Waals surface area contributed by atoms with Gasteiger partial charge in [0, 0.05) is 5.92 Å². The van der Waals surface area contributed by atoms with Crippen LogP contribution in [0, 0.1) is 29.5 Å². The van der Waals surface area contributed by atoms with Gasteiger partial charge in [-0.2, -0.15) is 0 Å². The molecule has 3 fully saturated rings. The molecule has 3 saturated carbocycles. The predicted molar refractivity (Wildman–Crippen MR) is 138 cm³/mol. The maximum atomic E-state index is 15.5. The molecule has 0 unspecified atom stereocenters. The van der Waals surface area contributed by atoms with E-state index in [0.29, 0.717) is 5.92 Å². The van der Waals surface area contributed by atoms with E-state index in [1.165, 1.54) is 51.4 Å². The molecule has 0 saturated heterocycles. The quantitative estimate of drug-likeness (QED) is 0.440. The summed E-state index contributed by atoms with van der Waals surface area (Å²) in [4.78, 5) is 13.0. The van der Waals surface area contributed by atoms with Gasteiger partial charge in [0.15, 0.2) is 0 Å². The highest BCUT2D eigenvalue weighted by molar-refractivity contribution is 5.83. The highest BCUT2D eigenvalue weighted by Crippen LogP contribution is 2.45. The Balaban J connectivity index is 1.28. The van der Waals surface area contributed by atoms with Gasteiger partial charge in [-0.25, -0.2) is 9.18 Å². The number of hydrogen-bond donors (Lipinski definition) is 0. The van der Waals surface area contributed by atoms with Crippen LogP contribution >= 0.6 is 0 Å². The summed E-state index contributed by atoms with van der Waals surface area (Å²) in [6.07, 6.45) is 17.2. The van der Waals surface area contributed by atoms with Crippen molar-refractivity contribution in [2.45, 2.75) is 116 Å². The molecule has 0 bridgehead atoms. The van der Waals surface area contributed by atoms with Crippen LogP contribution in [0.5, 0.6) is 0 Å². The summed E-state index contributed by atoms with van der Waals surface area (Å²) in [5, 5.41) is 0.884. The molecule has 1 aromatic heterocycles. The summed E-state index contributed by atoms with van der Waals surface area (Å²) >= 11 is 0. The first-order chi connectivity index (χ1) is 16.6. The van der Waals surface area contributed by atoms with Crippen molar-refractivity contribution in [3.8, 4) is 0 Å². The lowest BCUT2D eigenvalue weighted by atomic mass is 9.68. The van der Waals surface area contributed by atoms with Crippen molar-refractivity contribution in [3.05, 3.63) is 45.8 Å². The van der Waals surface area contributed by atoms with Crippen LogP contribution in [0.4, 0.5) is 4.39 Å². The van der Waals surface area contributed by atoms with E-state index in [2.05, 4.69) is 13.8 Å². The molecule has 0 spiro atoms.